The second kappa shape index (κ2) is 9.91. The van der Waals surface area contributed by atoms with E-state index >= 15 is 0 Å². The van der Waals surface area contributed by atoms with Gasteiger partial charge in [0.25, 0.3) is 0 Å². The molecular formula is C29H38N4O. The molecule has 0 bridgehead atoms. The zero-order valence-electron chi connectivity index (χ0n) is 20.6. The lowest BCUT2D eigenvalue weighted by atomic mass is 9.83. The molecule has 0 saturated heterocycles. The highest BCUT2D eigenvalue weighted by molar-refractivity contribution is 5.86. The molecule has 1 aliphatic carbocycles. The van der Waals surface area contributed by atoms with Crippen molar-refractivity contribution in [2.75, 3.05) is 6.54 Å². The van der Waals surface area contributed by atoms with Gasteiger partial charge >= 0.3 is 0 Å². The maximum absolute atomic E-state index is 13.5. The highest BCUT2D eigenvalue weighted by atomic mass is 16.2. The third-order valence-corrected chi connectivity index (χ3v) is 8.22. The van der Waals surface area contributed by atoms with Crippen LogP contribution in [0.2, 0.25) is 0 Å². The van der Waals surface area contributed by atoms with E-state index < -0.39 is 6.04 Å². The molecule has 1 saturated carbocycles. The van der Waals surface area contributed by atoms with Crippen molar-refractivity contribution in [3.05, 3.63) is 54.5 Å². The Balaban J connectivity index is 1.49. The predicted octanol–water partition coefficient (Wildman–Crippen LogP) is 5.93. The Bertz CT molecular complexity index is 1150. The minimum atomic E-state index is -0.444. The number of carbonyl (C=O) groups excluding carboxylic acids is 1. The van der Waals surface area contributed by atoms with Crippen molar-refractivity contribution in [2.24, 2.45) is 17.6 Å². The second-order valence-electron chi connectivity index (χ2n) is 10.4. The van der Waals surface area contributed by atoms with Crippen molar-refractivity contribution in [3.8, 4) is 11.3 Å². The Kier molecular flexibility index (Phi) is 6.73. The van der Waals surface area contributed by atoms with Crippen LogP contribution < -0.4 is 5.73 Å². The van der Waals surface area contributed by atoms with E-state index in [-0.39, 0.29) is 17.9 Å². The molecule has 0 radical (unpaired) electrons. The Morgan fingerprint density at radius 2 is 1.85 bits per heavy atom. The van der Waals surface area contributed by atoms with Gasteiger partial charge < -0.3 is 15.2 Å². The first-order valence-corrected chi connectivity index (χ1v) is 13.2. The van der Waals surface area contributed by atoms with Gasteiger partial charge in [0.1, 0.15) is 5.82 Å². The maximum Gasteiger partial charge on any atom is 0.240 e. The summed E-state index contributed by atoms with van der Waals surface area (Å²) in [6.07, 6.45) is 10.5. The Hall–Kier alpha value is -2.66. The number of benzene rings is 2. The quantitative estimate of drug-likeness (QED) is 0.498. The van der Waals surface area contributed by atoms with Gasteiger partial charge in [-0.2, -0.15) is 0 Å². The maximum atomic E-state index is 13.5. The summed E-state index contributed by atoms with van der Waals surface area (Å²) in [6.45, 7) is 5.68. The number of nitrogens with zero attached hydrogens (tertiary/aromatic N) is 3. The first-order chi connectivity index (χ1) is 16.5. The third-order valence-electron chi connectivity index (χ3n) is 8.22. The first kappa shape index (κ1) is 23.1. The number of rotatable bonds is 6. The summed E-state index contributed by atoms with van der Waals surface area (Å²) in [6, 6.07) is 14.6. The third kappa shape index (κ3) is 4.50. The van der Waals surface area contributed by atoms with Crippen LogP contribution in [0, 0.1) is 11.8 Å². The summed E-state index contributed by atoms with van der Waals surface area (Å²) >= 11 is 0. The van der Waals surface area contributed by atoms with Crippen LogP contribution in [0.3, 0.4) is 0 Å². The van der Waals surface area contributed by atoms with Crippen molar-refractivity contribution >= 4 is 16.7 Å². The number of amides is 1. The van der Waals surface area contributed by atoms with Crippen LogP contribution in [0.1, 0.15) is 70.7 Å². The van der Waals surface area contributed by atoms with E-state index in [9.17, 15) is 4.79 Å². The molecule has 3 aromatic rings. The van der Waals surface area contributed by atoms with E-state index in [0.717, 1.165) is 36.5 Å². The minimum Gasteiger partial charge on any atom is -0.331 e. The number of hydrogen-bond acceptors (Lipinski definition) is 3. The lowest BCUT2D eigenvalue weighted by Crippen LogP contribution is -2.51. The molecule has 180 valence electrons. The number of nitrogens with two attached hydrogens (primary N) is 1. The van der Waals surface area contributed by atoms with Crippen molar-refractivity contribution in [3.63, 3.8) is 0 Å². The number of fused-ring (bicyclic) bond motifs is 2. The Morgan fingerprint density at radius 1 is 1.09 bits per heavy atom. The van der Waals surface area contributed by atoms with E-state index in [0.29, 0.717) is 12.5 Å². The molecule has 2 aromatic carbocycles. The van der Waals surface area contributed by atoms with E-state index in [4.69, 9.17) is 10.7 Å². The topological polar surface area (TPSA) is 64.2 Å². The Labute approximate surface area is 203 Å². The van der Waals surface area contributed by atoms with E-state index in [1.165, 1.54) is 42.9 Å². The summed E-state index contributed by atoms with van der Waals surface area (Å²) in [4.78, 5) is 20.8. The number of aromatic nitrogens is 2. The molecule has 5 nitrogen and oxygen atoms in total. The molecule has 2 heterocycles. The van der Waals surface area contributed by atoms with Gasteiger partial charge in [0, 0.05) is 24.8 Å². The average molecular weight is 459 g/mol. The fourth-order valence-corrected chi connectivity index (χ4v) is 5.80. The van der Waals surface area contributed by atoms with Gasteiger partial charge in [-0.3, -0.25) is 4.79 Å². The van der Waals surface area contributed by atoms with Crippen LogP contribution in [0.5, 0.6) is 0 Å². The van der Waals surface area contributed by atoms with Gasteiger partial charge in [0.05, 0.1) is 17.8 Å². The zero-order valence-corrected chi connectivity index (χ0v) is 20.6. The van der Waals surface area contributed by atoms with E-state index in [1.807, 2.05) is 0 Å². The fourth-order valence-electron chi connectivity index (χ4n) is 5.80. The van der Waals surface area contributed by atoms with Crippen molar-refractivity contribution in [1.29, 1.82) is 0 Å². The molecule has 1 aliphatic heterocycles. The van der Waals surface area contributed by atoms with Crippen molar-refractivity contribution < 1.29 is 4.79 Å². The van der Waals surface area contributed by atoms with Gasteiger partial charge in [-0.25, -0.2) is 4.98 Å². The molecule has 34 heavy (non-hydrogen) atoms. The summed E-state index contributed by atoms with van der Waals surface area (Å²) in [7, 11) is 0. The minimum absolute atomic E-state index is 0.00802. The average Bonchev–Trinajstić information content (AvgIpc) is 3.33. The van der Waals surface area contributed by atoms with Gasteiger partial charge in [0.2, 0.25) is 5.91 Å². The Morgan fingerprint density at radius 3 is 2.62 bits per heavy atom. The van der Waals surface area contributed by atoms with Crippen molar-refractivity contribution in [2.45, 2.75) is 77.4 Å². The molecule has 0 unspecified atom stereocenters. The number of carbonyl (C=O) groups is 1. The van der Waals surface area contributed by atoms with Gasteiger partial charge in [-0.1, -0.05) is 88.8 Å². The summed E-state index contributed by atoms with van der Waals surface area (Å²) in [5.74, 6) is 1.96. The molecule has 2 N–H and O–H groups in total. The summed E-state index contributed by atoms with van der Waals surface area (Å²) < 4.78 is 2.29. The molecule has 3 atom stereocenters. The van der Waals surface area contributed by atoms with Crippen molar-refractivity contribution in [1.82, 2.24) is 14.5 Å². The SMILES string of the molecule is CC[C@H](C)[C@H](N)C(=O)N1CCn2cc(-c3ccc4ccccc4c3)nc2[C@@H]1CC1CCCCC1. The lowest BCUT2D eigenvalue weighted by Gasteiger charge is -2.40. The largest absolute Gasteiger partial charge is 0.331 e. The highest BCUT2D eigenvalue weighted by Crippen LogP contribution is 2.38. The van der Waals surface area contributed by atoms with Gasteiger partial charge in [-0.15, -0.1) is 0 Å². The summed E-state index contributed by atoms with van der Waals surface area (Å²) in [5.41, 5.74) is 8.57. The van der Waals surface area contributed by atoms with Gasteiger partial charge in [-0.05, 0) is 35.1 Å². The van der Waals surface area contributed by atoms with E-state index in [1.54, 1.807) is 0 Å². The van der Waals surface area contributed by atoms with Crippen LogP contribution in [0.15, 0.2) is 48.7 Å². The lowest BCUT2D eigenvalue weighted by molar-refractivity contribution is -0.138. The zero-order chi connectivity index (χ0) is 23.7. The van der Waals surface area contributed by atoms with Crippen LogP contribution in [0.4, 0.5) is 0 Å². The molecule has 1 fully saturated rings. The molecule has 1 amide bonds. The van der Waals surface area contributed by atoms with E-state index in [2.05, 4.69) is 72.0 Å². The second-order valence-corrected chi connectivity index (χ2v) is 10.4. The molecule has 5 rings (SSSR count). The normalized spacial score (nSPS) is 20.8. The highest BCUT2D eigenvalue weighted by Gasteiger charge is 2.37. The number of hydrogen-bond donors (Lipinski definition) is 1. The molecular weight excluding hydrogens is 420 g/mol. The molecule has 2 aliphatic rings. The first-order valence-electron chi connectivity index (χ1n) is 13.2. The summed E-state index contributed by atoms with van der Waals surface area (Å²) in [5, 5.41) is 2.46. The smallest absolute Gasteiger partial charge is 0.240 e. The molecule has 5 heteroatoms. The van der Waals surface area contributed by atoms with Gasteiger partial charge in [0.15, 0.2) is 0 Å². The van der Waals surface area contributed by atoms with Crippen LogP contribution in [-0.2, 0) is 11.3 Å². The van der Waals surface area contributed by atoms with Crippen LogP contribution in [0.25, 0.3) is 22.0 Å². The number of imidazole rings is 1. The van der Waals surface area contributed by atoms with Crippen LogP contribution >= 0.6 is 0 Å². The molecule has 0 spiro atoms. The monoisotopic (exact) mass is 458 g/mol. The standard InChI is InChI=1S/C29H38N4O/c1-3-20(2)27(30)29(34)33-16-15-32-19-25(24-14-13-22-11-7-8-12-23(22)18-24)31-28(32)26(33)17-21-9-5-4-6-10-21/h7-8,11-14,18-21,26-27H,3-6,9-10,15-17,30H2,1-2H3/t20-,26-,27-/m0/s1. The fraction of sp³-hybridized carbons (Fsp3) is 0.517. The molecule has 1 aromatic heterocycles. The van der Waals surface area contributed by atoms with Crippen LogP contribution in [-0.4, -0.2) is 32.9 Å². The predicted molar refractivity (Wildman–Crippen MR) is 138 cm³/mol.